The molecular formula is C7H9N5S2. The molecule has 0 aliphatic heterocycles. The molecule has 0 aliphatic carbocycles. The molecule has 0 aromatic carbocycles. The minimum atomic E-state index is 0.561. The van der Waals surface area contributed by atoms with Crippen molar-refractivity contribution in [3.63, 3.8) is 0 Å². The summed E-state index contributed by atoms with van der Waals surface area (Å²) in [6, 6.07) is 1.79. The summed E-state index contributed by atoms with van der Waals surface area (Å²) in [5, 5.41) is 4.08. The number of anilines is 1. The summed E-state index contributed by atoms with van der Waals surface area (Å²) in [6.07, 6.45) is 3.44. The molecule has 0 radical (unpaired) electrons. The summed E-state index contributed by atoms with van der Waals surface area (Å²) in [6.45, 7) is 0.835. The zero-order valence-electron chi connectivity index (χ0n) is 7.33. The molecule has 0 spiro atoms. The minimum absolute atomic E-state index is 0.561. The van der Waals surface area contributed by atoms with Gasteiger partial charge < -0.3 is 5.73 Å². The number of nitrogens with zero attached hydrogens (tertiary/aromatic N) is 4. The van der Waals surface area contributed by atoms with Crippen LogP contribution in [0.4, 0.5) is 5.82 Å². The average molecular weight is 227 g/mol. The predicted molar refractivity (Wildman–Crippen MR) is 57.3 cm³/mol. The third kappa shape index (κ3) is 2.46. The highest BCUT2D eigenvalue weighted by atomic mass is 32.2. The Bertz CT molecular complexity index is 382. The summed E-state index contributed by atoms with van der Waals surface area (Å²) < 4.78 is 6.73. The fourth-order valence-electron chi connectivity index (χ4n) is 0.955. The van der Waals surface area contributed by atoms with Crippen molar-refractivity contribution in [3.05, 3.63) is 18.6 Å². The highest BCUT2D eigenvalue weighted by Crippen LogP contribution is 2.18. The molecule has 5 nitrogen and oxygen atoms in total. The van der Waals surface area contributed by atoms with Crippen molar-refractivity contribution >= 4 is 29.1 Å². The van der Waals surface area contributed by atoms with E-state index in [4.69, 9.17) is 5.73 Å². The maximum absolute atomic E-state index is 5.49. The molecule has 0 amide bonds. The van der Waals surface area contributed by atoms with E-state index in [1.54, 1.807) is 24.2 Å². The first-order valence-electron chi connectivity index (χ1n) is 4.03. The molecule has 2 heterocycles. The largest absolute Gasteiger partial charge is 0.382 e. The Morgan fingerprint density at radius 3 is 3.14 bits per heavy atom. The number of hydrogen-bond donors (Lipinski definition) is 1. The standard InChI is InChI=1S/C7H9N5S2/c8-6-1-2-12(11-6)3-4-13-7-9-5-10-14-7/h1-2,5H,3-4H2,(H2,8,11). The molecule has 2 N–H and O–H groups in total. The summed E-state index contributed by atoms with van der Waals surface area (Å²) in [5.41, 5.74) is 5.49. The molecule has 0 bridgehead atoms. The Balaban J connectivity index is 1.78. The Hall–Kier alpha value is -1.08. The second-order valence-corrected chi connectivity index (χ2v) is 4.68. The maximum Gasteiger partial charge on any atom is 0.169 e. The van der Waals surface area contributed by atoms with Crippen LogP contribution in [0.2, 0.25) is 0 Å². The second kappa shape index (κ2) is 4.43. The van der Waals surface area contributed by atoms with E-state index in [0.29, 0.717) is 5.82 Å². The van der Waals surface area contributed by atoms with Crippen LogP contribution in [0.25, 0.3) is 0 Å². The van der Waals surface area contributed by atoms with Crippen molar-refractivity contribution in [2.24, 2.45) is 0 Å². The summed E-state index contributed by atoms with van der Waals surface area (Å²) in [4.78, 5) is 4.07. The monoisotopic (exact) mass is 227 g/mol. The number of nitrogens with two attached hydrogens (primary N) is 1. The van der Waals surface area contributed by atoms with E-state index in [2.05, 4.69) is 14.5 Å². The lowest BCUT2D eigenvalue weighted by Crippen LogP contribution is -2.01. The molecule has 2 rings (SSSR count). The number of nitrogen functional groups attached to an aromatic ring is 1. The van der Waals surface area contributed by atoms with E-state index in [9.17, 15) is 0 Å². The van der Waals surface area contributed by atoms with Crippen LogP contribution in [0.1, 0.15) is 0 Å². The molecule has 2 aromatic rings. The van der Waals surface area contributed by atoms with Crippen LogP contribution in [0, 0.1) is 0 Å². The van der Waals surface area contributed by atoms with Crippen LogP contribution in [0.15, 0.2) is 22.9 Å². The quantitative estimate of drug-likeness (QED) is 0.792. The Morgan fingerprint density at radius 1 is 1.57 bits per heavy atom. The van der Waals surface area contributed by atoms with Gasteiger partial charge in [-0.15, -0.1) is 0 Å². The van der Waals surface area contributed by atoms with Crippen molar-refractivity contribution in [1.82, 2.24) is 19.1 Å². The van der Waals surface area contributed by atoms with E-state index >= 15 is 0 Å². The number of aryl methyl sites for hydroxylation is 1. The van der Waals surface area contributed by atoms with Gasteiger partial charge in [-0.2, -0.15) is 9.47 Å². The van der Waals surface area contributed by atoms with Crippen LogP contribution in [-0.4, -0.2) is 24.9 Å². The van der Waals surface area contributed by atoms with Gasteiger partial charge in [0.2, 0.25) is 0 Å². The SMILES string of the molecule is Nc1ccn(CCSc2ncns2)n1. The zero-order valence-corrected chi connectivity index (χ0v) is 8.96. The van der Waals surface area contributed by atoms with E-state index in [1.165, 1.54) is 11.5 Å². The molecule has 0 fully saturated rings. The minimum Gasteiger partial charge on any atom is -0.382 e. The third-order valence-electron chi connectivity index (χ3n) is 1.55. The van der Waals surface area contributed by atoms with Gasteiger partial charge in [0.1, 0.15) is 12.1 Å². The maximum atomic E-state index is 5.49. The van der Waals surface area contributed by atoms with Gasteiger partial charge in [0.15, 0.2) is 4.34 Å². The Kier molecular flexibility index (Phi) is 3.00. The van der Waals surface area contributed by atoms with Crippen molar-refractivity contribution in [1.29, 1.82) is 0 Å². The van der Waals surface area contributed by atoms with Crippen LogP contribution in [-0.2, 0) is 6.54 Å². The molecule has 7 heteroatoms. The van der Waals surface area contributed by atoms with Gasteiger partial charge in [0.25, 0.3) is 0 Å². The molecule has 2 aromatic heterocycles. The molecule has 0 aliphatic rings. The first-order chi connectivity index (χ1) is 6.84. The highest BCUT2D eigenvalue weighted by molar-refractivity contribution is 8.00. The smallest absolute Gasteiger partial charge is 0.169 e. The van der Waals surface area contributed by atoms with Crippen LogP contribution >= 0.6 is 23.3 Å². The zero-order chi connectivity index (χ0) is 9.80. The van der Waals surface area contributed by atoms with Gasteiger partial charge in [-0.05, 0) is 17.6 Å². The Morgan fingerprint density at radius 2 is 2.50 bits per heavy atom. The van der Waals surface area contributed by atoms with E-state index < -0.39 is 0 Å². The lowest BCUT2D eigenvalue weighted by Gasteiger charge is -1.98. The normalized spacial score (nSPS) is 10.6. The fourth-order valence-corrected chi connectivity index (χ4v) is 2.40. The first kappa shape index (κ1) is 9.47. The van der Waals surface area contributed by atoms with Crippen molar-refractivity contribution in [2.75, 3.05) is 11.5 Å². The molecule has 0 saturated carbocycles. The van der Waals surface area contributed by atoms with Crippen molar-refractivity contribution in [3.8, 4) is 0 Å². The number of rotatable bonds is 4. The molecule has 0 unspecified atom stereocenters. The molecule has 0 saturated heterocycles. The molecular weight excluding hydrogens is 218 g/mol. The fraction of sp³-hybridized carbons (Fsp3) is 0.286. The summed E-state index contributed by atoms with van der Waals surface area (Å²) in [5.74, 6) is 1.49. The van der Waals surface area contributed by atoms with Gasteiger partial charge in [-0.25, -0.2) is 4.98 Å². The van der Waals surface area contributed by atoms with Gasteiger partial charge in [-0.1, -0.05) is 11.8 Å². The van der Waals surface area contributed by atoms with Gasteiger partial charge in [-0.3, -0.25) is 4.68 Å². The average Bonchev–Trinajstić information content (AvgIpc) is 2.77. The Labute approximate surface area is 89.5 Å². The predicted octanol–water partition coefficient (Wildman–Crippen LogP) is 1.11. The van der Waals surface area contributed by atoms with E-state index in [0.717, 1.165) is 16.6 Å². The second-order valence-electron chi connectivity index (χ2n) is 2.56. The van der Waals surface area contributed by atoms with Crippen molar-refractivity contribution < 1.29 is 0 Å². The van der Waals surface area contributed by atoms with E-state index in [-0.39, 0.29) is 0 Å². The number of thioether (sulfide) groups is 1. The van der Waals surface area contributed by atoms with Gasteiger partial charge >= 0.3 is 0 Å². The summed E-state index contributed by atoms with van der Waals surface area (Å²) in [7, 11) is 0. The third-order valence-corrected chi connectivity index (χ3v) is 3.33. The van der Waals surface area contributed by atoms with E-state index in [1.807, 2.05) is 10.9 Å². The molecule has 74 valence electrons. The highest BCUT2D eigenvalue weighted by Gasteiger charge is 1.98. The number of hydrogen-bond acceptors (Lipinski definition) is 6. The van der Waals surface area contributed by atoms with Crippen molar-refractivity contribution in [2.45, 2.75) is 10.9 Å². The van der Waals surface area contributed by atoms with Crippen LogP contribution in [0.5, 0.6) is 0 Å². The first-order valence-corrected chi connectivity index (χ1v) is 5.79. The topological polar surface area (TPSA) is 69.6 Å². The van der Waals surface area contributed by atoms with Gasteiger partial charge in [0, 0.05) is 11.9 Å². The van der Waals surface area contributed by atoms with Crippen LogP contribution in [0.3, 0.4) is 0 Å². The number of aromatic nitrogens is 4. The lowest BCUT2D eigenvalue weighted by molar-refractivity contribution is 0.669. The summed E-state index contributed by atoms with van der Waals surface area (Å²) >= 11 is 3.09. The van der Waals surface area contributed by atoms with Crippen LogP contribution < -0.4 is 5.73 Å². The molecule has 14 heavy (non-hydrogen) atoms. The van der Waals surface area contributed by atoms with Gasteiger partial charge in [0.05, 0.1) is 6.54 Å². The molecule has 0 atom stereocenters. The lowest BCUT2D eigenvalue weighted by atomic mass is 10.7.